The topological polar surface area (TPSA) is 78.4 Å². The molecule has 122 valence electrons. The molecule has 2 aromatic heterocycles. The van der Waals surface area contributed by atoms with Crippen molar-refractivity contribution in [3.05, 3.63) is 66.0 Å². The fraction of sp³-hybridized carbons (Fsp3) is 0.167. The van der Waals surface area contributed by atoms with Gasteiger partial charge in [-0.15, -0.1) is 10.2 Å². The summed E-state index contributed by atoms with van der Waals surface area (Å²) in [5.74, 6) is 0.678. The van der Waals surface area contributed by atoms with Crippen molar-refractivity contribution in [2.75, 3.05) is 0 Å². The van der Waals surface area contributed by atoms with Crippen LogP contribution in [0, 0.1) is 6.92 Å². The van der Waals surface area contributed by atoms with Crippen molar-refractivity contribution >= 4 is 12.0 Å². The molecule has 3 aromatic rings. The lowest BCUT2D eigenvalue weighted by Gasteiger charge is -2.06. The normalized spacial score (nSPS) is 12.4. The van der Waals surface area contributed by atoms with Crippen molar-refractivity contribution in [1.29, 1.82) is 0 Å². The van der Waals surface area contributed by atoms with Gasteiger partial charge in [0.05, 0.1) is 6.26 Å². The molecule has 0 spiro atoms. The maximum absolute atomic E-state index is 11.8. The highest BCUT2D eigenvalue weighted by atomic mass is 16.6. The first kappa shape index (κ1) is 15.7. The van der Waals surface area contributed by atoms with Crippen LogP contribution >= 0.6 is 0 Å². The summed E-state index contributed by atoms with van der Waals surface area (Å²) in [4.78, 5) is 11.8. The zero-order chi connectivity index (χ0) is 16.9. The number of benzene rings is 1. The zero-order valence-corrected chi connectivity index (χ0v) is 13.3. The summed E-state index contributed by atoms with van der Waals surface area (Å²) in [6.45, 7) is 3.67. The van der Waals surface area contributed by atoms with Crippen LogP contribution in [0.3, 0.4) is 0 Å². The van der Waals surface area contributed by atoms with E-state index >= 15 is 0 Å². The summed E-state index contributed by atoms with van der Waals surface area (Å²) in [7, 11) is 0. The fourth-order valence-corrected chi connectivity index (χ4v) is 2.01. The Bertz CT molecular complexity index is 832. The van der Waals surface area contributed by atoms with Crippen molar-refractivity contribution in [2.45, 2.75) is 20.0 Å². The predicted octanol–water partition coefficient (Wildman–Crippen LogP) is 3.96. The van der Waals surface area contributed by atoms with Crippen LogP contribution in [0.15, 0.2) is 57.6 Å². The molecule has 0 amide bonds. The molecule has 0 N–H and O–H groups in total. The number of rotatable bonds is 5. The molecule has 2 heterocycles. The van der Waals surface area contributed by atoms with Gasteiger partial charge in [-0.3, -0.25) is 0 Å². The van der Waals surface area contributed by atoms with Crippen LogP contribution in [0.25, 0.3) is 17.5 Å². The largest absolute Gasteiger partial charge is 0.465 e. The molecular weight excluding hydrogens is 308 g/mol. The van der Waals surface area contributed by atoms with Crippen LogP contribution in [0.2, 0.25) is 0 Å². The lowest BCUT2D eigenvalue weighted by atomic mass is 10.1. The molecule has 0 aliphatic heterocycles. The number of esters is 1. The van der Waals surface area contributed by atoms with Crippen LogP contribution in [-0.2, 0) is 9.53 Å². The Kier molecular flexibility index (Phi) is 4.56. The summed E-state index contributed by atoms with van der Waals surface area (Å²) in [6, 6.07) is 11.2. The van der Waals surface area contributed by atoms with Crippen LogP contribution in [-0.4, -0.2) is 16.2 Å². The van der Waals surface area contributed by atoms with E-state index in [2.05, 4.69) is 10.2 Å². The second-order valence-corrected chi connectivity index (χ2v) is 5.24. The van der Waals surface area contributed by atoms with Gasteiger partial charge in [0.15, 0.2) is 6.10 Å². The number of aryl methyl sites for hydroxylation is 1. The number of ether oxygens (including phenoxy) is 1. The Morgan fingerprint density at radius 1 is 1.21 bits per heavy atom. The van der Waals surface area contributed by atoms with Crippen LogP contribution in [0.4, 0.5) is 0 Å². The molecule has 24 heavy (non-hydrogen) atoms. The third-order valence-electron chi connectivity index (χ3n) is 3.31. The number of nitrogens with zero attached hydrogens (tertiary/aromatic N) is 2. The fourth-order valence-electron chi connectivity index (χ4n) is 2.01. The molecular formula is C18H16N2O4. The molecule has 0 saturated carbocycles. The predicted molar refractivity (Wildman–Crippen MR) is 86.7 cm³/mol. The standard InChI is InChI=1S/C18H16N2O4/c1-12-5-7-14(8-6-12)18-20-19-17(24-18)13(2)23-16(21)10-9-15-4-3-11-22-15/h3-11,13H,1-2H3/b10-9+/t13-/m1/s1. The van der Waals surface area contributed by atoms with Gasteiger partial charge in [-0.25, -0.2) is 4.79 Å². The van der Waals surface area contributed by atoms with Crippen molar-refractivity contribution in [1.82, 2.24) is 10.2 Å². The molecule has 0 unspecified atom stereocenters. The van der Waals surface area contributed by atoms with Crippen LogP contribution in [0.1, 0.15) is 30.2 Å². The quantitative estimate of drug-likeness (QED) is 0.522. The van der Waals surface area contributed by atoms with Gasteiger partial charge in [-0.2, -0.15) is 0 Å². The highest BCUT2D eigenvalue weighted by Crippen LogP contribution is 2.22. The molecule has 3 rings (SSSR count). The van der Waals surface area contributed by atoms with Crippen molar-refractivity contribution in [3.8, 4) is 11.5 Å². The molecule has 0 aliphatic carbocycles. The van der Waals surface area contributed by atoms with Gasteiger partial charge in [0.25, 0.3) is 5.89 Å². The Morgan fingerprint density at radius 2 is 2.00 bits per heavy atom. The lowest BCUT2D eigenvalue weighted by molar-refractivity contribution is -0.143. The second kappa shape index (κ2) is 6.95. The molecule has 1 aromatic carbocycles. The highest BCUT2D eigenvalue weighted by Gasteiger charge is 2.18. The first-order valence-corrected chi connectivity index (χ1v) is 7.44. The minimum absolute atomic E-state index is 0.241. The Hall–Kier alpha value is -3.15. The van der Waals surface area contributed by atoms with Gasteiger partial charge in [-0.1, -0.05) is 17.7 Å². The number of carbonyl (C=O) groups is 1. The number of furan rings is 1. The molecule has 0 bridgehead atoms. The summed E-state index contributed by atoms with van der Waals surface area (Å²) in [5.41, 5.74) is 1.96. The van der Waals surface area contributed by atoms with Gasteiger partial charge in [-0.05, 0) is 44.2 Å². The maximum atomic E-state index is 11.8. The van der Waals surface area contributed by atoms with E-state index in [1.54, 1.807) is 19.1 Å². The molecule has 6 nitrogen and oxygen atoms in total. The van der Waals surface area contributed by atoms with Gasteiger partial charge < -0.3 is 13.6 Å². The number of hydrogen-bond acceptors (Lipinski definition) is 6. The summed E-state index contributed by atoms with van der Waals surface area (Å²) >= 11 is 0. The van der Waals surface area contributed by atoms with Gasteiger partial charge in [0.1, 0.15) is 5.76 Å². The molecule has 0 fully saturated rings. The minimum Gasteiger partial charge on any atom is -0.465 e. The number of aromatic nitrogens is 2. The SMILES string of the molecule is Cc1ccc(-c2nnc([C@@H](C)OC(=O)/C=C/c3ccco3)o2)cc1. The Labute approximate surface area is 138 Å². The molecule has 0 aliphatic rings. The smallest absolute Gasteiger partial charge is 0.331 e. The average Bonchev–Trinajstić information content (AvgIpc) is 3.25. The Balaban J connectivity index is 1.64. The van der Waals surface area contributed by atoms with E-state index in [1.807, 2.05) is 31.2 Å². The van der Waals surface area contributed by atoms with E-state index < -0.39 is 12.1 Å². The Morgan fingerprint density at radius 3 is 2.71 bits per heavy atom. The third-order valence-corrected chi connectivity index (χ3v) is 3.31. The molecule has 0 radical (unpaired) electrons. The summed E-state index contributed by atoms with van der Waals surface area (Å²) in [5, 5.41) is 7.93. The number of hydrogen-bond donors (Lipinski definition) is 0. The lowest BCUT2D eigenvalue weighted by Crippen LogP contribution is -2.06. The van der Waals surface area contributed by atoms with Crippen molar-refractivity contribution in [2.24, 2.45) is 0 Å². The highest BCUT2D eigenvalue weighted by molar-refractivity contribution is 5.86. The van der Waals surface area contributed by atoms with Gasteiger partial charge in [0.2, 0.25) is 5.89 Å². The first-order valence-electron chi connectivity index (χ1n) is 7.44. The third kappa shape index (κ3) is 3.78. The van der Waals surface area contributed by atoms with E-state index in [4.69, 9.17) is 13.6 Å². The van der Waals surface area contributed by atoms with Gasteiger partial charge >= 0.3 is 5.97 Å². The number of carbonyl (C=O) groups excluding carboxylic acids is 1. The summed E-state index contributed by atoms with van der Waals surface area (Å²) < 4.78 is 15.9. The monoisotopic (exact) mass is 324 g/mol. The van der Waals surface area contributed by atoms with Crippen molar-refractivity contribution in [3.63, 3.8) is 0 Å². The second-order valence-electron chi connectivity index (χ2n) is 5.24. The molecule has 6 heteroatoms. The minimum atomic E-state index is -0.648. The molecule has 0 saturated heterocycles. The first-order chi connectivity index (χ1) is 11.6. The van der Waals surface area contributed by atoms with E-state index in [0.717, 1.165) is 11.1 Å². The summed E-state index contributed by atoms with van der Waals surface area (Å²) in [6.07, 6.45) is 3.69. The molecule has 1 atom stereocenters. The van der Waals surface area contributed by atoms with E-state index in [-0.39, 0.29) is 5.89 Å². The maximum Gasteiger partial charge on any atom is 0.331 e. The van der Waals surface area contributed by atoms with Gasteiger partial charge in [0, 0.05) is 11.6 Å². The van der Waals surface area contributed by atoms with Crippen molar-refractivity contribution < 1.29 is 18.4 Å². The van der Waals surface area contributed by atoms with E-state index in [0.29, 0.717) is 11.7 Å². The van der Waals surface area contributed by atoms with E-state index in [1.165, 1.54) is 18.4 Å². The zero-order valence-electron chi connectivity index (χ0n) is 13.3. The average molecular weight is 324 g/mol. The van der Waals surface area contributed by atoms with E-state index in [9.17, 15) is 4.79 Å². The van der Waals surface area contributed by atoms with Crippen LogP contribution < -0.4 is 0 Å². The van der Waals surface area contributed by atoms with Crippen LogP contribution in [0.5, 0.6) is 0 Å².